The van der Waals surface area contributed by atoms with E-state index < -0.39 is 10.8 Å². The lowest BCUT2D eigenvalue weighted by Crippen LogP contribution is -2.17. The summed E-state index contributed by atoms with van der Waals surface area (Å²) in [6, 6.07) is 13.0. The number of non-ortho nitro benzene ring substituents is 1. The average molecular weight is 366 g/mol. The van der Waals surface area contributed by atoms with E-state index in [0.29, 0.717) is 18.0 Å². The maximum Gasteiger partial charge on any atom is 0.275 e. The zero-order valence-electron chi connectivity index (χ0n) is 14.9. The maximum atomic E-state index is 12.5. The molecule has 1 amide bonds. The molecule has 1 N–H and O–H groups in total. The lowest BCUT2D eigenvalue weighted by Gasteiger charge is -2.10. The average Bonchev–Trinajstić information content (AvgIpc) is 3.12. The standard InChI is InChI=1S/C19H18N4O4/c1-3-22-18(8-9-20-22)19(24)21-14-10-15(23(25)26)12-17(11-14)27-16-6-4-13(2)5-7-16/h4-12H,3H2,1-2H3,(H,21,24). The number of anilines is 1. The van der Waals surface area contributed by atoms with Crippen molar-refractivity contribution in [3.05, 3.63) is 76.1 Å². The minimum Gasteiger partial charge on any atom is -0.457 e. The van der Waals surface area contributed by atoms with Crippen LogP contribution in [0.1, 0.15) is 23.0 Å². The Morgan fingerprint density at radius 3 is 2.59 bits per heavy atom. The molecule has 0 atom stereocenters. The Morgan fingerprint density at radius 2 is 1.93 bits per heavy atom. The molecule has 0 spiro atoms. The molecule has 0 fully saturated rings. The molecular weight excluding hydrogens is 348 g/mol. The number of nitrogens with one attached hydrogen (secondary N) is 1. The number of benzene rings is 2. The molecule has 0 bridgehead atoms. The van der Waals surface area contributed by atoms with Crippen molar-refractivity contribution >= 4 is 17.3 Å². The highest BCUT2D eigenvalue weighted by molar-refractivity contribution is 6.03. The summed E-state index contributed by atoms with van der Waals surface area (Å²) in [6.45, 7) is 4.35. The van der Waals surface area contributed by atoms with Crippen LogP contribution in [0.5, 0.6) is 11.5 Å². The Labute approximate surface area is 155 Å². The smallest absolute Gasteiger partial charge is 0.275 e. The fraction of sp³-hybridized carbons (Fsp3) is 0.158. The van der Waals surface area contributed by atoms with Crippen molar-refractivity contribution in [3.8, 4) is 11.5 Å². The summed E-state index contributed by atoms with van der Waals surface area (Å²) in [5.41, 5.74) is 1.52. The molecular formula is C19H18N4O4. The van der Waals surface area contributed by atoms with Crippen molar-refractivity contribution in [2.75, 3.05) is 5.32 Å². The van der Waals surface area contributed by atoms with Gasteiger partial charge in [0.25, 0.3) is 11.6 Å². The molecule has 2 aromatic carbocycles. The van der Waals surface area contributed by atoms with Gasteiger partial charge in [-0.1, -0.05) is 17.7 Å². The van der Waals surface area contributed by atoms with E-state index in [0.717, 1.165) is 5.56 Å². The first-order chi connectivity index (χ1) is 13.0. The predicted molar refractivity (Wildman–Crippen MR) is 100 cm³/mol. The molecule has 0 aliphatic rings. The fourth-order valence-corrected chi connectivity index (χ4v) is 2.53. The van der Waals surface area contributed by atoms with E-state index in [1.165, 1.54) is 29.1 Å². The molecule has 0 saturated heterocycles. The van der Waals surface area contributed by atoms with E-state index in [9.17, 15) is 14.9 Å². The minimum absolute atomic E-state index is 0.182. The number of rotatable bonds is 6. The van der Waals surface area contributed by atoms with Gasteiger partial charge in [-0.05, 0) is 32.0 Å². The zero-order valence-corrected chi connectivity index (χ0v) is 14.9. The summed E-state index contributed by atoms with van der Waals surface area (Å²) in [7, 11) is 0. The molecule has 138 valence electrons. The third kappa shape index (κ3) is 4.30. The van der Waals surface area contributed by atoms with Gasteiger partial charge in [-0.25, -0.2) is 0 Å². The Bertz CT molecular complexity index is 980. The highest BCUT2D eigenvalue weighted by Gasteiger charge is 2.16. The van der Waals surface area contributed by atoms with Gasteiger partial charge in [0.05, 0.1) is 16.7 Å². The van der Waals surface area contributed by atoms with Gasteiger partial charge in [-0.15, -0.1) is 0 Å². The van der Waals surface area contributed by atoms with Gasteiger partial charge >= 0.3 is 0 Å². The van der Waals surface area contributed by atoms with Gasteiger partial charge in [0, 0.05) is 24.9 Å². The van der Waals surface area contributed by atoms with Crippen LogP contribution < -0.4 is 10.1 Å². The van der Waals surface area contributed by atoms with Crippen LogP contribution in [0.15, 0.2) is 54.7 Å². The van der Waals surface area contributed by atoms with E-state index >= 15 is 0 Å². The molecule has 3 rings (SSSR count). The van der Waals surface area contributed by atoms with Crippen molar-refractivity contribution in [3.63, 3.8) is 0 Å². The molecule has 0 saturated carbocycles. The Kier molecular flexibility index (Phi) is 5.16. The molecule has 1 aromatic heterocycles. The molecule has 0 radical (unpaired) electrons. The Balaban J connectivity index is 1.88. The van der Waals surface area contributed by atoms with Crippen LogP contribution in [0.2, 0.25) is 0 Å². The van der Waals surface area contributed by atoms with Crippen molar-refractivity contribution in [2.24, 2.45) is 0 Å². The molecule has 8 nitrogen and oxygen atoms in total. The third-order valence-corrected chi connectivity index (χ3v) is 3.87. The number of hydrogen-bond acceptors (Lipinski definition) is 5. The van der Waals surface area contributed by atoms with E-state index in [2.05, 4.69) is 10.4 Å². The highest BCUT2D eigenvalue weighted by atomic mass is 16.6. The van der Waals surface area contributed by atoms with Crippen molar-refractivity contribution in [1.82, 2.24) is 9.78 Å². The molecule has 8 heteroatoms. The van der Waals surface area contributed by atoms with E-state index in [1.807, 2.05) is 26.0 Å². The Morgan fingerprint density at radius 1 is 1.19 bits per heavy atom. The molecule has 0 aliphatic carbocycles. The molecule has 0 aliphatic heterocycles. The number of ether oxygens (including phenoxy) is 1. The molecule has 3 aromatic rings. The molecule has 0 unspecified atom stereocenters. The Hall–Kier alpha value is -3.68. The SMILES string of the molecule is CCn1nccc1C(=O)Nc1cc(Oc2ccc(C)cc2)cc([N+](=O)[O-])c1. The highest BCUT2D eigenvalue weighted by Crippen LogP contribution is 2.30. The summed E-state index contributed by atoms with van der Waals surface area (Å²) in [4.78, 5) is 23.2. The summed E-state index contributed by atoms with van der Waals surface area (Å²) in [6.07, 6.45) is 1.53. The number of aromatic nitrogens is 2. The van der Waals surface area contributed by atoms with Crippen LogP contribution in [0.4, 0.5) is 11.4 Å². The normalized spacial score (nSPS) is 10.4. The largest absolute Gasteiger partial charge is 0.457 e. The minimum atomic E-state index is -0.534. The van der Waals surface area contributed by atoms with Gasteiger partial charge in [0.2, 0.25) is 0 Å². The van der Waals surface area contributed by atoms with E-state index in [4.69, 9.17) is 4.74 Å². The van der Waals surface area contributed by atoms with Crippen molar-refractivity contribution in [1.29, 1.82) is 0 Å². The predicted octanol–water partition coefficient (Wildman–Crippen LogP) is 4.16. The fourth-order valence-electron chi connectivity index (χ4n) is 2.53. The number of nitrogens with zero attached hydrogens (tertiary/aromatic N) is 3. The van der Waals surface area contributed by atoms with Crippen LogP contribution in [-0.2, 0) is 6.54 Å². The summed E-state index contributed by atoms with van der Waals surface area (Å²) < 4.78 is 7.25. The summed E-state index contributed by atoms with van der Waals surface area (Å²) in [5, 5.41) is 18.0. The summed E-state index contributed by atoms with van der Waals surface area (Å²) in [5.74, 6) is 0.394. The number of hydrogen-bond donors (Lipinski definition) is 1. The second-order valence-corrected chi connectivity index (χ2v) is 5.87. The number of nitro groups is 1. The lowest BCUT2D eigenvalue weighted by atomic mass is 10.2. The first kappa shape index (κ1) is 18.1. The second-order valence-electron chi connectivity index (χ2n) is 5.87. The van der Waals surface area contributed by atoms with Crippen molar-refractivity contribution < 1.29 is 14.5 Å². The molecule has 1 heterocycles. The monoisotopic (exact) mass is 366 g/mol. The van der Waals surface area contributed by atoms with Gasteiger partial charge in [-0.2, -0.15) is 5.10 Å². The van der Waals surface area contributed by atoms with E-state index in [-0.39, 0.29) is 17.1 Å². The first-order valence-corrected chi connectivity index (χ1v) is 8.33. The number of carbonyl (C=O) groups excluding carboxylic acids is 1. The topological polar surface area (TPSA) is 99.3 Å². The maximum absolute atomic E-state index is 12.5. The number of aryl methyl sites for hydroxylation is 2. The zero-order chi connectivity index (χ0) is 19.4. The quantitative estimate of drug-likeness (QED) is 0.521. The van der Waals surface area contributed by atoms with Crippen LogP contribution in [0.3, 0.4) is 0 Å². The third-order valence-electron chi connectivity index (χ3n) is 3.87. The van der Waals surface area contributed by atoms with Gasteiger partial charge in [-0.3, -0.25) is 19.6 Å². The number of nitro benzene ring substituents is 1. The van der Waals surface area contributed by atoms with E-state index in [1.54, 1.807) is 18.2 Å². The molecule has 27 heavy (non-hydrogen) atoms. The van der Waals surface area contributed by atoms with Crippen LogP contribution >= 0.6 is 0 Å². The number of amides is 1. The van der Waals surface area contributed by atoms with Crippen LogP contribution in [0, 0.1) is 17.0 Å². The lowest BCUT2D eigenvalue weighted by molar-refractivity contribution is -0.384. The summed E-state index contributed by atoms with van der Waals surface area (Å²) >= 11 is 0. The first-order valence-electron chi connectivity index (χ1n) is 8.33. The van der Waals surface area contributed by atoms with Gasteiger partial charge < -0.3 is 10.1 Å². The van der Waals surface area contributed by atoms with Gasteiger partial charge in [0.1, 0.15) is 17.2 Å². The van der Waals surface area contributed by atoms with Crippen molar-refractivity contribution in [2.45, 2.75) is 20.4 Å². The number of carbonyl (C=O) groups is 1. The second kappa shape index (κ2) is 7.69. The van der Waals surface area contributed by atoms with Gasteiger partial charge in [0.15, 0.2) is 0 Å². The van der Waals surface area contributed by atoms with Crippen LogP contribution in [-0.4, -0.2) is 20.6 Å². The van der Waals surface area contributed by atoms with Crippen LogP contribution in [0.25, 0.3) is 0 Å².